The van der Waals surface area contributed by atoms with Gasteiger partial charge in [-0.05, 0) is 36.8 Å². The minimum Gasteiger partial charge on any atom is -0.288 e. The minimum absolute atomic E-state index is 0.196. The molecule has 0 aliphatic carbocycles. The second kappa shape index (κ2) is 6.42. The topological polar surface area (TPSA) is 84.3 Å². The Kier molecular flexibility index (Phi) is 4.15. The van der Waals surface area contributed by atoms with Crippen molar-refractivity contribution >= 4 is 15.5 Å². The highest BCUT2D eigenvalue weighted by Gasteiger charge is 2.18. The molecule has 0 spiro atoms. The molecule has 4 rings (SSSR count). The summed E-state index contributed by atoms with van der Waals surface area (Å²) in [6, 6.07) is 13.6. The highest BCUT2D eigenvalue weighted by molar-refractivity contribution is 7.90. The third-order valence-electron chi connectivity index (χ3n) is 4.45. The first-order valence-electron chi connectivity index (χ1n) is 8.43. The van der Waals surface area contributed by atoms with E-state index in [0.29, 0.717) is 33.7 Å². The van der Waals surface area contributed by atoms with Gasteiger partial charge in [-0.1, -0.05) is 24.3 Å². The number of halogens is 1. The molecule has 28 heavy (non-hydrogen) atoms. The number of fused-ring (bicyclic) bond motifs is 1. The average molecular weight is 397 g/mol. The molecule has 8 heteroatoms. The van der Waals surface area contributed by atoms with Gasteiger partial charge in [0.15, 0.2) is 15.5 Å². The number of aromatic nitrogens is 3. The summed E-state index contributed by atoms with van der Waals surface area (Å²) < 4.78 is 38.2. The van der Waals surface area contributed by atoms with Crippen molar-refractivity contribution in [3.05, 3.63) is 76.5 Å². The van der Waals surface area contributed by atoms with Gasteiger partial charge in [-0.2, -0.15) is 0 Å². The van der Waals surface area contributed by atoms with Crippen LogP contribution in [0.25, 0.3) is 28.0 Å². The summed E-state index contributed by atoms with van der Waals surface area (Å²) in [5.41, 5.74) is 3.28. The van der Waals surface area contributed by atoms with Crippen LogP contribution in [0.5, 0.6) is 0 Å². The number of hydrogen-bond donors (Lipinski definition) is 1. The third kappa shape index (κ3) is 3.11. The molecule has 0 atom stereocenters. The van der Waals surface area contributed by atoms with E-state index in [1.807, 2.05) is 0 Å². The van der Waals surface area contributed by atoms with Gasteiger partial charge in [0.2, 0.25) is 0 Å². The van der Waals surface area contributed by atoms with Crippen molar-refractivity contribution in [2.24, 2.45) is 0 Å². The normalized spacial score (nSPS) is 11.8. The van der Waals surface area contributed by atoms with Gasteiger partial charge in [-0.15, -0.1) is 0 Å². The van der Waals surface area contributed by atoms with Crippen molar-refractivity contribution in [3.8, 4) is 22.4 Å². The number of H-pyrrole nitrogens is 1. The number of nitrogens with one attached hydrogen (secondary N) is 1. The first kappa shape index (κ1) is 18.1. The van der Waals surface area contributed by atoms with Crippen molar-refractivity contribution in [2.75, 3.05) is 6.26 Å². The number of sulfone groups is 1. The average Bonchev–Trinajstić information content (AvgIpc) is 3.01. The van der Waals surface area contributed by atoms with Crippen molar-refractivity contribution in [1.29, 1.82) is 0 Å². The Labute approximate surface area is 160 Å². The summed E-state index contributed by atoms with van der Waals surface area (Å²) in [5, 5.41) is 3.05. The van der Waals surface area contributed by atoms with Crippen molar-refractivity contribution in [1.82, 2.24) is 14.6 Å². The molecular formula is C20H16FN3O3S. The second-order valence-corrected chi connectivity index (χ2v) is 8.58. The Bertz CT molecular complexity index is 1350. The van der Waals surface area contributed by atoms with E-state index in [0.717, 1.165) is 6.26 Å². The molecule has 0 aliphatic heterocycles. The molecule has 0 bridgehead atoms. The van der Waals surface area contributed by atoms with E-state index in [-0.39, 0.29) is 16.3 Å². The van der Waals surface area contributed by atoms with Gasteiger partial charge in [-0.3, -0.25) is 9.89 Å². The Morgan fingerprint density at radius 3 is 2.21 bits per heavy atom. The summed E-state index contributed by atoms with van der Waals surface area (Å²) in [6.45, 7) is 1.73. The molecule has 0 saturated carbocycles. The van der Waals surface area contributed by atoms with E-state index in [2.05, 4.69) is 10.1 Å². The first-order valence-corrected chi connectivity index (χ1v) is 10.3. The zero-order valence-corrected chi connectivity index (χ0v) is 15.9. The molecule has 0 fully saturated rings. The summed E-state index contributed by atoms with van der Waals surface area (Å²) in [6.07, 6.45) is 1.14. The number of rotatable bonds is 3. The third-order valence-corrected chi connectivity index (χ3v) is 5.58. The largest absolute Gasteiger partial charge is 0.288 e. The molecule has 0 amide bonds. The van der Waals surface area contributed by atoms with Gasteiger partial charge in [0.05, 0.1) is 16.2 Å². The molecule has 6 nitrogen and oxygen atoms in total. The number of benzene rings is 2. The Hall–Kier alpha value is -3.26. The Balaban J connectivity index is 2.03. The van der Waals surface area contributed by atoms with Gasteiger partial charge in [0.25, 0.3) is 5.56 Å². The maximum atomic E-state index is 13.4. The lowest BCUT2D eigenvalue weighted by molar-refractivity contribution is 0.602. The van der Waals surface area contributed by atoms with E-state index in [1.165, 1.54) is 34.8 Å². The van der Waals surface area contributed by atoms with Gasteiger partial charge in [-0.25, -0.2) is 22.3 Å². The van der Waals surface area contributed by atoms with Crippen LogP contribution in [0.2, 0.25) is 0 Å². The van der Waals surface area contributed by atoms with E-state index < -0.39 is 9.84 Å². The number of aromatic amines is 1. The number of nitrogens with zero attached hydrogens (tertiary/aromatic N) is 2. The van der Waals surface area contributed by atoms with Crippen LogP contribution >= 0.6 is 0 Å². The zero-order chi connectivity index (χ0) is 20.1. The van der Waals surface area contributed by atoms with E-state index in [1.54, 1.807) is 31.2 Å². The monoisotopic (exact) mass is 397 g/mol. The molecule has 0 aliphatic rings. The zero-order valence-electron chi connectivity index (χ0n) is 15.1. The lowest BCUT2D eigenvalue weighted by Gasteiger charge is -2.06. The smallest absolute Gasteiger partial charge is 0.272 e. The minimum atomic E-state index is -3.33. The molecular weight excluding hydrogens is 381 g/mol. The van der Waals surface area contributed by atoms with Crippen LogP contribution in [0, 0.1) is 12.7 Å². The fourth-order valence-electron chi connectivity index (χ4n) is 3.12. The van der Waals surface area contributed by atoms with Crippen LogP contribution < -0.4 is 5.56 Å². The van der Waals surface area contributed by atoms with Gasteiger partial charge < -0.3 is 0 Å². The maximum absolute atomic E-state index is 13.4. The van der Waals surface area contributed by atoms with Crippen LogP contribution in [0.15, 0.2) is 64.3 Å². The molecule has 2 aromatic carbocycles. The molecule has 4 aromatic rings. The molecule has 1 N–H and O–H groups in total. The summed E-state index contributed by atoms with van der Waals surface area (Å²) in [5.74, 6) is -0.371. The standard InChI is InChI=1S/C20H16FN3O3S/c1-12-11-17(25)24-20(22-12)18(13-3-7-15(21)8-4-13)19(23-24)14-5-9-16(10-6-14)28(2,26)27/h3-11,23H,1-2H3. The predicted molar refractivity (Wildman–Crippen MR) is 104 cm³/mol. The Morgan fingerprint density at radius 2 is 1.61 bits per heavy atom. The van der Waals surface area contributed by atoms with Gasteiger partial charge in [0, 0.05) is 23.6 Å². The quantitative estimate of drug-likeness (QED) is 0.575. The van der Waals surface area contributed by atoms with E-state index >= 15 is 0 Å². The molecule has 142 valence electrons. The number of aryl methyl sites for hydroxylation is 1. The number of hydrogen-bond acceptors (Lipinski definition) is 4. The van der Waals surface area contributed by atoms with E-state index in [4.69, 9.17) is 0 Å². The van der Waals surface area contributed by atoms with Crippen molar-refractivity contribution in [2.45, 2.75) is 11.8 Å². The lowest BCUT2D eigenvalue weighted by atomic mass is 10.0. The summed E-state index contributed by atoms with van der Waals surface area (Å²) >= 11 is 0. The van der Waals surface area contributed by atoms with Gasteiger partial charge >= 0.3 is 0 Å². The van der Waals surface area contributed by atoms with Crippen LogP contribution in [-0.4, -0.2) is 29.3 Å². The van der Waals surface area contributed by atoms with Gasteiger partial charge in [0.1, 0.15) is 5.82 Å². The maximum Gasteiger partial charge on any atom is 0.272 e. The van der Waals surface area contributed by atoms with Crippen molar-refractivity contribution in [3.63, 3.8) is 0 Å². The summed E-state index contributed by atoms with van der Waals surface area (Å²) in [4.78, 5) is 17.1. The highest BCUT2D eigenvalue weighted by atomic mass is 32.2. The Morgan fingerprint density at radius 1 is 1.00 bits per heavy atom. The molecule has 0 saturated heterocycles. The van der Waals surface area contributed by atoms with Crippen LogP contribution in [0.1, 0.15) is 5.69 Å². The van der Waals surface area contributed by atoms with Crippen LogP contribution in [0.3, 0.4) is 0 Å². The molecule has 0 unspecified atom stereocenters. The first-order chi connectivity index (χ1) is 13.2. The van der Waals surface area contributed by atoms with Crippen molar-refractivity contribution < 1.29 is 12.8 Å². The van der Waals surface area contributed by atoms with Crippen LogP contribution in [-0.2, 0) is 9.84 Å². The van der Waals surface area contributed by atoms with Crippen LogP contribution in [0.4, 0.5) is 4.39 Å². The SMILES string of the molecule is Cc1cc(=O)n2[nH]c(-c3ccc(S(C)(=O)=O)cc3)c(-c3ccc(F)cc3)c2n1. The fourth-order valence-corrected chi connectivity index (χ4v) is 3.75. The summed E-state index contributed by atoms with van der Waals surface area (Å²) in [7, 11) is -3.33. The molecule has 0 radical (unpaired) electrons. The van der Waals surface area contributed by atoms with E-state index in [9.17, 15) is 17.6 Å². The fraction of sp³-hybridized carbons (Fsp3) is 0.100. The second-order valence-electron chi connectivity index (χ2n) is 6.56. The molecule has 2 aromatic heterocycles. The highest BCUT2D eigenvalue weighted by Crippen LogP contribution is 2.34. The lowest BCUT2D eigenvalue weighted by Crippen LogP contribution is -2.14. The predicted octanol–water partition coefficient (Wildman–Crippen LogP) is 3.21. The molecule has 2 heterocycles.